The Morgan fingerprint density at radius 2 is 1.90 bits per heavy atom. The van der Waals surface area contributed by atoms with Gasteiger partial charge in [-0.15, -0.1) is 0 Å². The van der Waals surface area contributed by atoms with E-state index in [-0.39, 0.29) is 18.4 Å². The first-order valence-corrected chi connectivity index (χ1v) is 10.5. The number of carbonyl (C=O) groups excluding carboxylic acids is 1. The molecular weight excluding hydrogens is 396 g/mol. The highest BCUT2D eigenvalue weighted by atomic mass is 16.5. The van der Waals surface area contributed by atoms with Gasteiger partial charge in [-0.2, -0.15) is 0 Å². The number of fused-ring (bicyclic) bond motifs is 1. The summed E-state index contributed by atoms with van der Waals surface area (Å²) in [6.07, 6.45) is 0.760. The lowest BCUT2D eigenvalue weighted by Crippen LogP contribution is -2.43. The summed E-state index contributed by atoms with van der Waals surface area (Å²) < 4.78 is 11.1. The SMILES string of the molecule is NC(=O)C1CCN(CC(O)COc2ccc3c(-c4ccccc4)cc(=O)oc3c2)CC1. The maximum atomic E-state index is 12.1. The van der Waals surface area contributed by atoms with Crippen LogP contribution in [0.4, 0.5) is 0 Å². The molecule has 7 heteroatoms. The molecule has 1 atom stereocenters. The molecule has 1 aliphatic rings. The van der Waals surface area contributed by atoms with Crippen LogP contribution in [0.25, 0.3) is 22.1 Å². The number of amides is 1. The summed E-state index contributed by atoms with van der Waals surface area (Å²) in [5.74, 6) is 0.201. The third kappa shape index (κ3) is 5.13. The lowest BCUT2D eigenvalue weighted by Gasteiger charge is -2.31. The standard InChI is InChI=1S/C24H26N2O5/c25-24(29)17-8-10-26(11-9-17)14-18(27)15-30-19-6-7-20-21(16-4-2-1-3-5-16)13-23(28)31-22(20)12-19/h1-7,12-13,17-18,27H,8-11,14-15H2,(H2,25,29). The van der Waals surface area contributed by atoms with Gasteiger partial charge >= 0.3 is 5.63 Å². The van der Waals surface area contributed by atoms with Gasteiger partial charge in [0.2, 0.25) is 5.91 Å². The molecule has 31 heavy (non-hydrogen) atoms. The molecule has 2 heterocycles. The van der Waals surface area contributed by atoms with Gasteiger partial charge in [-0.25, -0.2) is 4.79 Å². The summed E-state index contributed by atoms with van der Waals surface area (Å²) in [7, 11) is 0. The van der Waals surface area contributed by atoms with Gasteiger partial charge in [0.25, 0.3) is 0 Å². The van der Waals surface area contributed by atoms with Gasteiger partial charge < -0.3 is 24.9 Å². The first-order chi connectivity index (χ1) is 15.0. The van der Waals surface area contributed by atoms with E-state index < -0.39 is 11.7 Å². The summed E-state index contributed by atoms with van der Waals surface area (Å²) >= 11 is 0. The van der Waals surface area contributed by atoms with Crippen molar-refractivity contribution in [1.82, 2.24) is 4.90 Å². The summed E-state index contributed by atoms with van der Waals surface area (Å²) in [6.45, 7) is 2.04. The molecule has 2 aromatic carbocycles. The van der Waals surface area contributed by atoms with Crippen LogP contribution >= 0.6 is 0 Å². The van der Waals surface area contributed by atoms with Crippen molar-refractivity contribution in [3.63, 3.8) is 0 Å². The highest BCUT2D eigenvalue weighted by molar-refractivity contribution is 5.93. The smallest absolute Gasteiger partial charge is 0.336 e. The predicted molar refractivity (Wildman–Crippen MR) is 118 cm³/mol. The van der Waals surface area contributed by atoms with E-state index in [1.54, 1.807) is 12.1 Å². The van der Waals surface area contributed by atoms with E-state index in [0.29, 0.717) is 17.9 Å². The predicted octanol–water partition coefficient (Wildman–Crippen LogP) is 2.40. The monoisotopic (exact) mass is 422 g/mol. The molecule has 0 aliphatic carbocycles. The Kier molecular flexibility index (Phi) is 6.34. The van der Waals surface area contributed by atoms with E-state index in [1.807, 2.05) is 36.4 Å². The van der Waals surface area contributed by atoms with Gasteiger partial charge in [-0.05, 0) is 49.2 Å². The second kappa shape index (κ2) is 9.32. The number of rotatable bonds is 7. The molecule has 0 radical (unpaired) electrons. The van der Waals surface area contributed by atoms with Crippen LogP contribution < -0.4 is 16.1 Å². The second-order valence-electron chi connectivity index (χ2n) is 7.95. The molecule has 1 amide bonds. The molecule has 0 saturated carbocycles. The number of benzene rings is 2. The molecule has 1 aromatic heterocycles. The molecule has 1 saturated heterocycles. The van der Waals surface area contributed by atoms with Crippen molar-refractivity contribution in [2.24, 2.45) is 11.7 Å². The molecule has 7 nitrogen and oxygen atoms in total. The Morgan fingerprint density at radius 3 is 2.61 bits per heavy atom. The Morgan fingerprint density at radius 1 is 1.16 bits per heavy atom. The Labute approximate surface area is 180 Å². The topological polar surface area (TPSA) is 106 Å². The fourth-order valence-electron chi connectivity index (χ4n) is 4.03. The maximum absolute atomic E-state index is 12.1. The summed E-state index contributed by atoms with van der Waals surface area (Å²) in [6, 6.07) is 16.5. The van der Waals surface area contributed by atoms with E-state index in [1.165, 1.54) is 6.07 Å². The fourth-order valence-corrected chi connectivity index (χ4v) is 4.03. The Balaban J connectivity index is 1.40. The summed E-state index contributed by atoms with van der Waals surface area (Å²) in [4.78, 5) is 25.4. The maximum Gasteiger partial charge on any atom is 0.336 e. The van der Waals surface area contributed by atoms with E-state index in [2.05, 4.69) is 4.90 Å². The minimum Gasteiger partial charge on any atom is -0.491 e. The zero-order chi connectivity index (χ0) is 21.8. The minimum atomic E-state index is -0.677. The van der Waals surface area contributed by atoms with Crippen molar-refractivity contribution >= 4 is 16.9 Å². The zero-order valence-electron chi connectivity index (χ0n) is 17.2. The fraction of sp³-hybridized carbons (Fsp3) is 0.333. The van der Waals surface area contributed by atoms with E-state index in [4.69, 9.17) is 14.9 Å². The third-order valence-corrected chi connectivity index (χ3v) is 5.70. The number of hydrogen-bond acceptors (Lipinski definition) is 6. The number of hydrogen-bond donors (Lipinski definition) is 2. The van der Waals surface area contributed by atoms with Crippen LogP contribution in [0.3, 0.4) is 0 Å². The highest BCUT2D eigenvalue weighted by Gasteiger charge is 2.24. The summed E-state index contributed by atoms with van der Waals surface area (Å²) in [5, 5.41) is 11.2. The van der Waals surface area contributed by atoms with Gasteiger partial charge in [0, 0.05) is 30.0 Å². The minimum absolute atomic E-state index is 0.0716. The van der Waals surface area contributed by atoms with Crippen molar-refractivity contribution in [2.45, 2.75) is 18.9 Å². The molecule has 0 bridgehead atoms. The first-order valence-electron chi connectivity index (χ1n) is 10.5. The average Bonchev–Trinajstić information content (AvgIpc) is 2.78. The van der Waals surface area contributed by atoms with Gasteiger partial charge in [-0.1, -0.05) is 30.3 Å². The number of aliphatic hydroxyl groups excluding tert-OH is 1. The van der Waals surface area contributed by atoms with E-state index >= 15 is 0 Å². The lowest BCUT2D eigenvalue weighted by atomic mass is 9.96. The van der Waals surface area contributed by atoms with Gasteiger partial charge in [0.05, 0.1) is 0 Å². The highest BCUT2D eigenvalue weighted by Crippen LogP contribution is 2.29. The quantitative estimate of drug-likeness (QED) is 0.567. The van der Waals surface area contributed by atoms with Crippen LogP contribution in [0.15, 0.2) is 63.8 Å². The molecule has 0 spiro atoms. The molecule has 162 valence electrons. The first kappa shape index (κ1) is 21.1. The average molecular weight is 422 g/mol. The van der Waals surface area contributed by atoms with Gasteiger partial charge in [0.15, 0.2) is 0 Å². The van der Waals surface area contributed by atoms with Crippen molar-refractivity contribution in [3.05, 3.63) is 65.0 Å². The zero-order valence-corrected chi connectivity index (χ0v) is 17.2. The Hall–Kier alpha value is -3.16. The number of piperidine rings is 1. The van der Waals surface area contributed by atoms with Crippen molar-refractivity contribution < 1.29 is 19.1 Å². The number of primary amides is 1. The van der Waals surface area contributed by atoms with Crippen LogP contribution in [0.1, 0.15) is 12.8 Å². The van der Waals surface area contributed by atoms with Crippen LogP contribution in [-0.2, 0) is 4.79 Å². The van der Waals surface area contributed by atoms with Crippen LogP contribution in [-0.4, -0.2) is 48.3 Å². The number of carbonyl (C=O) groups is 1. The molecule has 1 fully saturated rings. The molecule has 4 rings (SSSR count). The Bertz CT molecular complexity index is 1100. The number of nitrogens with zero attached hydrogens (tertiary/aromatic N) is 1. The van der Waals surface area contributed by atoms with Crippen molar-refractivity contribution in [1.29, 1.82) is 0 Å². The number of β-amino-alcohol motifs (C(OH)–C–C–N with tert-alkyl or cyclic N) is 1. The van der Waals surface area contributed by atoms with E-state index in [0.717, 1.165) is 42.4 Å². The second-order valence-corrected chi connectivity index (χ2v) is 7.95. The number of ether oxygens (including phenoxy) is 1. The number of aliphatic hydroxyl groups is 1. The molecule has 3 N–H and O–H groups in total. The number of likely N-dealkylation sites (tertiary alicyclic amines) is 1. The van der Waals surface area contributed by atoms with Gasteiger partial charge in [0.1, 0.15) is 24.0 Å². The largest absolute Gasteiger partial charge is 0.491 e. The van der Waals surface area contributed by atoms with Crippen molar-refractivity contribution in [3.8, 4) is 16.9 Å². The van der Waals surface area contributed by atoms with Crippen LogP contribution in [0.2, 0.25) is 0 Å². The third-order valence-electron chi connectivity index (χ3n) is 5.70. The lowest BCUT2D eigenvalue weighted by molar-refractivity contribution is -0.123. The van der Waals surface area contributed by atoms with Gasteiger partial charge in [-0.3, -0.25) is 4.79 Å². The van der Waals surface area contributed by atoms with Crippen LogP contribution in [0, 0.1) is 5.92 Å². The molecular formula is C24H26N2O5. The summed E-state index contributed by atoms with van der Waals surface area (Å²) in [5.41, 5.74) is 7.11. The molecule has 1 aliphatic heterocycles. The number of nitrogens with two attached hydrogens (primary N) is 1. The molecule has 1 unspecified atom stereocenters. The molecule has 3 aromatic rings. The van der Waals surface area contributed by atoms with Crippen molar-refractivity contribution in [2.75, 3.05) is 26.2 Å². The normalized spacial score (nSPS) is 16.3. The van der Waals surface area contributed by atoms with E-state index in [9.17, 15) is 14.7 Å². The van der Waals surface area contributed by atoms with Crippen LogP contribution in [0.5, 0.6) is 5.75 Å².